The number of hydrogen-bond donors (Lipinski definition) is 0. The van der Waals surface area contributed by atoms with Gasteiger partial charge in [-0.3, -0.25) is 4.98 Å². The Morgan fingerprint density at radius 3 is 2.65 bits per heavy atom. The first-order valence-electron chi connectivity index (χ1n) is 5.18. The third kappa shape index (κ3) is 2.53. The molecule has 0 aliphatic carbocycles. The fourth-order valence-corrected chi connectivity index (χ4v) is 1.55. The molecule has 0 saturated heterocycles. The monoisotopic (exact) mass is 249 g/mol. The molecule has 0 atom stereocenters. The van der Waals surface area contributed by atoms with Gasteiger partial charge in [-0.05, 0) is 32.9 Å². The van der Waals surface area contributed by atoms with Crippen LogP contribution in [0.5, 0.6) is 11.6 Å². The van der Waals surface area contributed by atoms with Crippen LogP contribution in [0.25, 0.3) is 0 Å². The molecule has 2 rings (SSSR count). The van der Waals surface area contributed by atoms with Crippen molar-refractivity contribution in [1.29, 1.82) is 0 Å². The van der Waals surface area contributed by atoms with Gasteiger partial charge in [0.25, 0.3) is 0 Å². The van der Waals surface area contributed by atoms with E-state index in [2.05, 4.69) is 15.0 Å². The van der Waals surface area contributed by atoms with Crippen LogP contribution >= 0.6 is 11.6 Å². The van der Waals surface area contributed by atoms with Crippen molar-refractivity contribution in [3.63, 3.8) is 0 Å². The second kappa shape index (κ2) is 4.67. The maximum Gasteiger partial charge on any atom is 0.227 e. The molecule has 2 heterocycles. The molecule has 5 heteroatoms. The van der Waals surface area contributed by atoms with Crippen molar-refractivity contribution in [1.82, 2.24) is 15.0 Å². The third-order valence-corrected chi connectivity index (χ3v) is 2.69. The summed E-state index contributed by atoms with van der Waals surface area (Å²) in [7, 11) is 0. The molecular weight excluding hydrogens is 238 g/mol. The Morgan fingerprint density at radius 2 is 1.94 bits per heavy atom. The van der Waals surface area contributed by atoms with Gasteiger partial charge in [-0.2, -0.15) is 4.98 Å². The zero-order valence-corrected chi connectivity index (χ0v) is 10.6. The lowest BCUT2D eigenvalue weighted by Crippen LogP contribution is -1.98. The van der Waals surface area contributed by atoms with E-state index in [1.807, 2.05) is 26.0 Å². The van der Waals surface area contributed by atoms with E-state index in [0.717, 1.165) is 11.3 Å². The van der Waals surface area contributed by atoms with Gasteiger partial charge in [-0.15, -0.1) is 0 Å². The Kier molecular flexibility index (Phi) is 3.24. The van der Waals surface area contributed by atoms with Gasteiger partial charge in [0.2, 0.25) is 5.88 Å². The van der Waals surface area contributed by atoms with E-state index in [-0.39, 0.29) is 0 Å². The van der Waals surface area contributed by atoms with Gasteiger partial charge in [-0.25, -0.2) is 4.98 Å². The van der Waals surface area contributed by atoms with E-state index in [9.17, 15) is 0 Å². The first-order valence-corrected chi connectivity index (χ1v) is 5.56. The molecule has 0 amide bonds. The van der Waals surface area contributed by atoms with E-state index >= 15 is 0 Å². The van der Waals surface area contributed by atoms with Crippen LogP contribution in [0.15, 0.2) is 18.3 Å². The summed E-state index contributed by atoms with van der Waals surface area (Å²) in [5.74, 6) is 1.72. The van der Waals surface area contributed by atoms with E-state index in [0.29, 0.717) is 22.6 Å². The zero-order valence-electron chi connectivity index (χ0n) is 9.86. The molecule has 0 N–H and O–H groups in total. The lowest BCUT2D eigenvalue weighted by molar-refractivity contribution is 0.449. The first-order chi connectivity index (χ1) is 8.08. The van der Waals surface area contributed by atoms with Crippen LogP contribution in [0.1, 0.15) is 17.1 Å². The molecular formula is C12H12ClN3O. The van der Waals surface area contributed by atoms with Crippen LogP contribution in [-0.4, -0.2) is 15.0 Å². The van der Waals surface area contributed by atoms with E-state index in [4.69, 9.17) is 16.3 Å². The van der Waals surface area contributed by atoms with Crippen molar-refractivity contribution in [2.75, 3.05) is 0 Å². The van der Waals surface area contributed by atoms with Crippen LogP contribution in [0.3, 0.4) is 0 Å². The third-order valence-electron chi connectivity index (χ3n) is 2.32. The highest BCUT2D eigenvalue weighted by Crippen LogP contribution is 2.27. The molecule has 0 unspecified atom stereocenters. The molecule has 0 fully saturated rings. The summed E-state index contributed by atoms with van der Waals surface area (Å²) in [5.41, 5.74) is 1.53. The van der Waals surface area contributed by atoms with Crippen LogP contribution in [0.2, 0.25) is 5.15 Å². The van der Waals surface area contributed by atoms with Gasteiger partial charge in [0.1, 0.15) is 11.0 Å². The molecule has 0 saturated carbocycles. The number of nitrogens with zero attached hydrogens (tertiary/aromatic N) is 3. The van der Waals surface area contributed by atoms with E-state index in [1.165, 1.54) is 0 Å². The van der Waals surface area contributed by atoms with E-state index in [1.54, 1.807) is 13.1 Å². The minimum Gasteiger partial charge on any atom is -0.437 e. The van der Waals surface area contributed by atoms with Gasteiger partial charge in [0.05, 0.1) is 5.69 Å². The fraction of sp³-hybridized carbons (Fsp3) is 0.250. The molecule has 88 valence electrons. The van der Waals surface area contributed by atoms with Gasteiger partial charge >= 0.3 is 0 Å². The maximum atomic E-state index is 5.98. The van der Waals surface area contributed by atoms with Crippen molar-refractivity contribution < 1.29 is 4.74 Å². The first kappa shape index (κ1) is 11.8. The number of pyridine rings is 1. The van der Waals surface area contributed by atoms with Gasteiger partial charge in [-0.1, -0.05) is 11.6 Å². The number of halogens is 1. The Labute approximate surface area is 105 Å². The number of aromatic nitrogens is 3. The summed E-state index contributed by atoms with van der Waals surface area (Å²) in [4.78, 5) is 12.4. The lowest BCUT2D eigenvalue weighted by Gasteiger charge is -2.10. The molecule has 0 aliphatic rings. The summed E-state index contributed by atoms with van der Waals surface area (Å²) in [6, 6.07) is 3.65. The molecule has 17 heavy (non-hydrogen) atoms. The largest absolute Gasteiger partial charge is 0.437 e. The zero-order chi connectivity index (χ0) is 12.4. The molecule has 0 radical (unpaired) electrons. The number of rotatable bonds is 2. The summed E-state index contributed by atoms with van der Waals surface area (Å²) in [6.07, 6.45) is 1.72. The van der Waals surface area contributed by atoms with Crippen molar-refractivity contribution in [3.8, 4) is 11.6 Å². The van der Waals surface area contributed by atoms with Crippen LogP contribution in [-0.2, 0) is 0 Å². The highest BCUT2D eigenvalue weighted by molar-refractivity contribution is 6.30. The summed E-state index contributed by atoms with van der Waals surface area (Å²) < 4.78 is 5.70. The predicted molar refractivity (Wildman–Crippen MR) is 65.6 cm³/mol. The second-order valence-corrected chi connectivity index (χ2v) is 4.04. The predicted octanol–water partition coefficient (Wildman–Crippen LogP) is 3.24. The number of ether oxygens (including phenoxy) is 1. The van der Waals surface area contributed by atoms with Crippen molar-refractivity contribution >= 4 is 11.6 Å². The average molecular weight is 250 g/mol. The normalized spacial score (nSPS) is 10.4. The fourth-order valence-electron chi connectivity index (χ4n) is 1.35. The highest BCUT2D eigenvalue weighted by Gasteiger charge is 2.10. The average Bonchev–Trinajstić information content (AvgIpc) is 2.28. The lowest BCUT2D eigenvalue weighted by atomic mass is 10.3. The van der Waals surface area contributed by atoms with Gasteiger partial charge in [0.15, 0.2) is 5.75 Å². The Hall–Kier alpha value is -1.68. The number of aryl methyl sites for hydroxylation is 2. The minimum absolute atomic E-state index is 0.411. The SMILES string of the molecule is Cc1nc(Cl)c(C)c(Oc2cccnc2C)n1. The second-order valence-electron chi connectivity index (χ2n) is 3.68. The Bertz CT molecular complexity index is 557. The molecule has 4 nitrogen and oxygen atoms in total. The number of hydrogen-bond acceptors (Lipinski definition) is 4. The molecule has 0 aliphatic heterocycles. The van der Waals surface area contributed by atoms with Gasteiger partial charge < -0.3 is 4.74 Å². The topological polar surface area (TPSA) is 47.9 Å². The van der Waals surface area contributed by atoms with Crippen LogP contribution in [0, 0.1) is 20.8 Å². The molecule has 0 aromatic carbocycles. The molecule has 0 bridgehead atoms. The minimum atomic E-state index is 0.411. The van der Waals surface area contributed by atoms with Crippen LogP contribution in [0.4, 0.5) is 0 Å². The maximum absolute atomic E-state index is 5.98. The van der Waals surface area contributed by atoms with Gasteiger partial charge in [0, 0.05) is 11.8 Å². The standard InChI is InChI=1S/C12H12ClN3O/c1-7-11(13)15-9(3)16-12(7)17-10-5-4-6-14-8(10)2/h4-6H,1-3H3. The summed E-state index contributed by atoms with van der Waals surface area (Å²) >= 11 is 5.98. The highest BCUT2D eigenvalue weighted by atomic mass is 35.5. The van der Waals surface area contributed by atoms with Crippen molar-refractivity contribution in [3.05, 3.63) is 40.6 Å². The summed E-state index contributed by atoms with van der Waals surface area (Å²) in [6.45, 7) is 5.47. The Balaban J connectivity index is 2.40. The van der Waals surface area contributed by atoms with E-state index < -0.39 is 0 Å². The molecule has 0 spiro atoms. The van der Waals surface area contributed by atoms with Crippen LogP contribution < -0.4 is 4.74 Å². The smallest absolute Gasteiger partial charge is 0.227 e. The van der Waals surface area contributed by atoms with Crippen molar-refractivity contribution in [2.45, 2.75) is 20.8 Å². The quantitative estimate of drug-likeness (QED) is 0.767. The summed E-state index contributed by atoms with van der Waals surface area (Å²) in [5, 5.41) is 0.411. The van der Waals surface area contributed by atoms with Crippen molar-refractivity contribution in [2.24, 2.45) is 0 Å². The molecule has 2 aromatic rings. The molecule has 2 aromatic heterocycles. The Morgan fingerprint density at radius 1 is 1.18 bits per heavy atom.